The summed E-state index contributed by atoms with van der Waals surface area (Å²) in [6, 6.07) is 9.78. The van der Waals surface area contributed by atoms with Gasteiger partial charge in [0, 0.05) is 0 Å². The molecule has 2 N–H and O–H groups in total. The second kappa shape index (κ2) is 5.71. The van der Waals surface area contributed by atoms with Crippen LogP contribution in [0.4, 0.5) is 5.82 Å². The minimum absolute atomic E-state index is 0.378. The van der Waals surface area contributed by atoms with E-state index in [9.17, 15) is 0 Å². The standard InChI is InChI=1S/C11H10N4.C2H6/c1-8-3-2-4-10(5-8)15-11(13)9(6-12)7-14-15;1-2/h2-5,7H,13H2,1H3;1-2H3. The molecular formula is C13H16N4. The molecule has 0 unspecified atom stereocenters. The first kappa shape index (κ1) is 12.8. The Hall–Kier alpha value is -2.28. The lowest BCUT2D eigenvalue weighted by Crippen LogP contribution is -2.02. The molecule has 1 aromatic carbocycles. The monoisotopic (exact) mass is 228 g/mol. The number of nitrogens with zero attached hydrogens (tertiary/aromatic N) is 3. The molecule has 0 aliphatic heterocycles. The second-order valence-electron chi connectivity index (χ2n) is 3.31. The van der Waals surface area contributed by atoms with Crippen molar-refractivity contribution >= 4 is 5.82 Å². The van der Waals surface area contributed by atoms with E-state index < -0.39 is 0 Å². The van der Waals surface area contributed by atoms with Crippen LogP contribution in [0.2, 0.25) is 0 Å². The molecule has 0 atom stereocenters. The summed E-state index contributed by atoms with van der Waals surface area (Å²) < 4.78 is 1.56. The molecule has 88 valence electrons. The zero-order valence-corrected chi connectivity index (χ0v) is 10.3. The molecule has 17 heavy (non-hydrogen) atoms. The van der Waals surface area contributed by atoms with E-state index in [0.717, 1.165) is 11.3 Å². The van der Waals surface area contributed by atoms with Crippen LogP contribution >= 0.6 is 0 Å². The summed E-state index contributed by atoms with van der Waals surface area (Å²) >= 11 is 0. The minimum atomic E-state index is 0.378. The Balaban J connectivity index is 0.000000686. The smallest absolute Gasteiger partial charge is 0.145 e. The van der Waals surface area contributed by atoms with Crippen LogP contribution < -0.4 is 5.73 Å². The van der Waals surface area contributed by atoms with Crippen molar-refractivity contribution in [1.29, 1.82) is 5.26 Å². The zero-order valence-electron chi connectivity index (χ0n) is 10.3. The van der Waals surface area contributed by atoms with Crippen LogP contribution in [0, 0.1) is 18.3 Å². The summed E-state index contributed by atoms with van der Waals surface area (Å²) in [7, 11) is 0. The molecule has 1 heterocycles. The van der Waals surface area contributed by atoms with Gasteiger partial charge >= 0.3 is 0 Å². The van der Waals surface area contributed by atoms with Gasteiger partial charge in [-0.05, 0) is 24.6 Å². The Morgan fingerprint density at radius 1 is 1.35 bits per heavy atom. The highest BCUT2D eigenvalue weighted by atomic mass is 15.3. The summed E-state index contributed by atoms with van der Waals surface area (Å²) in [5, 5.41) is 12.8. The zero-order chi connectivity index (χ0) is 12.8. The molecule has 0 aliphatic rings. The summed E-state index contributed by atoms with van der Waals surface area (Å²) in [5.41, 5.74) is 8.17. The van der Waals surface area contributed by atoms with Gasteiger partial charge in [0.15, 0.2) is 0 Å². The maximum atomic E-state index is 8.75. The lowest BCUT2D eigenvalue weighted by Gasteiger charge is -2.04. The van der Waals surface area contributed by atoms with Crippen LogP contribution in [-0.2, 0) is 0 Å². The van der Waals surface area contributed by atoms with Gasteiger partial charge < -0.3 is 5.73 Å². The van der Waals surface area contributed by atoms with Crippen LogP contribution in [0.3, 0.4) is 0 Å². The highest BCUT2D eigenvalue weighted by Crippen LogP contribution is 2.16. The molecule has 2 aromatic rings. The van der Waals surface area contributed by atoms with Crippen molar-refractivity contribution in [1.82, 2.24) is 9.78 Å². The lowest BCUT2D eigenvalue weighted by atomic mass is 10.2. The third-order valence-corrected chi connectivity index (χ3v) is 2.17. The molecule has 4 nitrogen and oxygen atoms in total. The van der Waals surface area contributed by atoms with Crippen molar-refractivity contribution in [2.45, 2.75) is 20.8 Å². The molecule has 0 bridgehead atoms. The SMILES string of the molecule is CC.Cc1cccc(-n2ncc(C#N)c2N)c1. The quantitative estimate of drug-likeness (QED) is 0.815. The molecule has 0 amide bonds. The Labute approximate surface area is 101 Å². The third-order valence-electron chi connectivity index (χ3n) is 2.17. The fraction of sp³-hybridized carbons (Fsp3) is 0.231. The highest BCUT2D eigenvalue weighted by Gasteiger charge is 2.07. The third kappa shape index (κ3) is 2.64. The van der Waals surface area contributed by atoms with Crippen LogP contribution in [0.25, 0.3) is 5.69 Å². The van der Waals surface area contributed by atoms with E-state index in [0.29, 0.717) is 11.4 Å². The van der Waals surface area contributed by atoms with Crippen molar-refractivity contribution in [3.05, 3.63) is 41.6 Å². The van der Waals surface area contributed by atoms with Crippen molar-refractivity contribution in [3.8, 4) is 11.8 Å². The molecule has 0 saturated heterocycles. The molecule has 0 radical (unpaired) electrons. The number of anilines is 1. The number of nitrogens with two attached hydrogens (primary N) is 1. The second-order valence-corrected chi connectivity index (χ2v) is 3.31. The molecule has 0 spiro atoms. The van der Waals surface area contributed by atoms with Gasteiger partial charge in [-0.25, -0.2) is 4.68 Å². The number of rotatable bonds is 1. The van der Waals surface area contributed by atoms with Crippen molar-refractivity contribution in [3.63, 3.8) is 0 Å². The first-order chi connectivity index (χ1) is 8.22. The largest absolute Gasteiger partial charge is 0.382 e. The molecular weight excluding hydrogens is 212 g/mol. The highest BCUT2D eigenvalue weighted by molar-refractivity contribution is 5.52. The van der Waals surface area contributed by atoms with Gasteiger partial charge in [-0.15, -0.1) is 0 Å². The Bertz CT molecular complexity index is 535. The van der Waals surface area contributed by atoms with Crippen LogP contribution in [0.15, 0.2) is 30.5 Å². The Morgan fingerprint density at radius 2 is 2.06 bits per heavy atom. The normalized spacial score (nSPS) is 9.06. The van der Waals surface area contributed by atoms with E-state index in [1.165, 1.54) is 6.20 Å². The lowest BCUT2D eigenvalue weighted by molar-refractivity contribution is 0.890. The van der Waals surface area contributed by atoms with E-state index >= 15 is 0 Å². The number of benzene rings is 1. The van der Waals surface area contributed by atoms with E-state index in [1.54, 1.807) is 4.68 Å². The van der Waals surface area contributed by atoms with Crippen LogP contribution in [-0.4, -0.2) is 9.78 Å². The maximum Gasteiger partial charge on any atom is 0.145 e. The summed E-state index contributed by atoms with van der Waals surface area (Å²) in [5.74, 6) is 0.378. The van der Waals surface area contributed by atoms with Gasteiger partial charge in [0.1, 0.15) is 17.5 Å². The van der Waals surface area contributed by atoms with Crippen LogP contribution in [0.5, 0.6) is 0 Å². The number of aromatic nitrogens is 2. The molecule has 2 rings (SSSR count). The van der Waals surface area contributed by atoms with Crippen molar-refractivity contribution in [2.75, 3.05) is 5.73 Å². The minimum Gasteiger partial charge on any atom is -0.382 e. The molecule has 4 heteroatoms. The fourth-order valence-electron chi connectivity index (χ4n) is 1.41. The maximum absolute atomic E-state index is 8.75. The van der Waals surface area contributed by atoms with E-state index in [-0.39, 0.29) is 0 Å². The topological polar surface area (TPSA) is 67.6 Å². The first-order valence-electron chi connectivity index (χ1n) is 5.53. The summed E-state index contributed by atoms with van der Waals surface area (Å²) in [4.78, 5) is 0. The van der Waals surface area contributed by atoms with Crippen molar-refractivity contribution < 1.29 is 0 Å². The molecule has 0 aliphatic carbocycles. The van der Waals surface area contributed by atoms with Gasteiger partial charge in [-0.1, -0.05) is 26.0 Å². The Morgan fingerprint density at radius 3 is 2.59 bits per heavy atom. The van der Waals surface area contributed by atoms with Gasteiger partial charge in [0.05, 0.1) is 11.9 Å². The molecule has 0 saturated carbocycles. The van der Waals surface area contributed by atoms with Gasteiger partial charge in [-0.3, -0.25) is 0 Å². The molecule has 1 aromatic heterocycles. The summed E-state index contributed by atoms with van der Waals surface area (Å²) in [6.45, 7) is 5.99. The van der Waals surface area contributed by atoms with Gasteiger partial charge in [0.2, 0.25) is 0 Å². The number of aryl methyl sites for hydroxylation is 1. The Kier molecular flexibility index (Phi) is 4.29. The number of hydrogen-bond donors (Lipinski definition) is 1. The van der Waals surface area contributed by atoms with E-state index in [2.05, 4.69) is 5.10 Å². The molecule has 0 fully saturated rings. The predicted molar refractivity (Wildman–Crippen MR) is 68.8 cm³/mol. The predicted octanol–water partition coefficient (Wildman–Crippen LogP) is 2.66. The van der Waals surface area contributed by atoms with Gasteiger partial charge in [-0.2, -0.15) is 10.4 Å². The van der Waals surface area contributed by atoms with E-state index in [1.807, 2.05) is 51.1 Å². The number of hydrogen-bond acceptors (Lipinski definition) is 3. The first-order valence-corrected chi connectivity index (χ1v) is 5.53. The number of nitrogen functional groups attached to an aromatic ring is 1. The van der Waals surface area contributed by atoms with Crippen LogP contribution in [0.1, 0.15) is 25.0 Å². The van der Waals surface area contributed by atoms with E-state index in [4.69, 9.17) is 11.0 Å². The summed E-state index contributed by atoms with van der Waals surface area (Å²) in [6.07, 6.45) is 1.47. The average Bonchev–Trinajstić information content (AvgIpc) is 2.73. The van der Waals surface area contributed by atoms with Crippen molar-refractivity contribution in [2.24, 2.45) is 0 Å². The van der Waals surface area contributed by atoms with Gasteiger partial charge in [0.25, 0.3) is 0 Å². The fourth-order valence-corrected chi connectivity index (χ4v) is 1.41. The average molecular weight is 228 g/mol. The number of nitriles is 1.